The van der Waals surface area contributed by atoms with Gasteiger partial charge in [-0.3, -0.25) is 14.7 Å². The molecule has 0 radical (unpaired) electrons. The molecule has 0 atom stereocenters. The van der Waals surface area contributed by atoms with Crippen LogP contribution in [0.25, 0.3) is 0 Å². The molecule has 0 saturated carbocycles. The van der Waals surface area contributed by atoms with Crippen molar-refractivity contribution in [1.82, 2.24) is 14.9 Å². The first kappa shape index (κ1) is 13.6. The lowest BCUT2D eigenvalue weighted by molar-refractivity contribution is -0.385. The van der Waals surface area contributed by atoms with Crippen molar-refractivity contribution in [2.75, 3.05) is 19.8 Å². The Morgan fingerprint density at radius 3 is 2.95 bits per heavy atom. The average molecular weight is 268 g/mol. The van der Waals surface area contributed by atoms with Gasteiger partial charge in [0.1, 0.15) is 6.20 Å². The van der Waals surface area contributed by atoms with Gasteiger partial charge in [-0.1, -0.05) is 0 Å². The van der Waals surface area contributed by atoms with Crippen LogP contribution in [0.4, 0.5) is 5.69 Å². The van der Waals surface area contributed by atoms with Crippen LogP contribution in [0, 0.1) is 10.1 Å². The summed E-state index contributed by atoms with van der Waals surface area (Å²) in [6, 6.07) is 0.385. The third-order valence-electron chi connectivity index (χ3n) is 3.06. The number of hydrogen-bond donors (Lipinski definition) is 1. The fourth-order valence-electron chi connectivity index (χ4n) is 1.99. The Labute approximate surface area is 109 Å². The van der Waals surface area contributed by atoms with Crippen molar-refractivity contribution in [3.63, 3.8) is 0 Å². The Bertz CT molecular complexity index is 496. The van der Waals surface area contributed by atoms with E-state index in [4.69, 9.17) is 4.74 Å². The number of rotatable bonds is 5. The van der Waals surface area contributed by atoms with E-state index in [0.717, 1.165) is 32.3 Å². The van der Waals surface area contributed by atoms with Crippen LogP contribution in [0.3, 0.4) is 0 Å². The summed E-state index contributed by atoms with van der Waals surface area (Å²) in [5, 5.41) is 13.9. The van der Waals surface area contributed by atoms with E-state index in [-0.39, 0.29) is 5.69 Å². The second-order valence-electron chi connectivity index (χ2n) is 4.39. The normalized spacial score (nSPS) is 16.4. The monoisotopic (exact) mass is 268 g/mol. The smallest absolute Gasteiger partial charge is 0.348 e. The molecule has 1 saturated heterocycles. The van der Waals surface area contributed by atoms with Gasteiger partial charge >= 0.3 is 11.4 Å². The molecule has 8 nitrogen and oxygen atoms in total. The summed E-state index contributed by atoms with van der Waals surface area (Å²) in [5.74, 6) is 0. The molecule has 8 heteroatoms. The van der Waals surface area contributed by atoms with Gasteiger partial charge in [-0.2, -0.15) is 4.98 Å². The molecular formula is C11H16N4O4. The summed E-state index contributed by atoms with van der Waals surface area (Å²) in [6.45, 7) is 2.43. The molecule has 1 N–H and O–H groups in total. The molecule has 104 valence electrons. The summed E-state index contributed by atoms with van der Waals surface area (Å²) >= 11 is 0. The van der Waals surface area contributed by atoms with Gasteiger partial charge in [-0.15, -0.1) is 0 Å². The second kappa shape index (κ2) is 6.39. The molecular weight excluding hydrogens is 252 g/mol. The van der Waals surface area contributed by atoms with E-state index in [1.54, 1.807) is 0 Å². The fraction of sp³-hybridized carbons (Fsp3) is 0.636. The van der Waals surface area contributed by atoms with Gasteiger partial charge in [0.05, 0.1) is 11.1 Å². The lowest BCUT2D eigenvalue weighted by Crippen LogP contribution is -2.38. The van der Waals surface area contributed by atoms with Gasteiger partial charge in [0.15, 0.2) is 0 Å². The van der Waals surface area contributed by atoms with Gasteiger partial charge in [0.25, 0.3) is 0 Å². The highest BCUT2D eigenvalue weighted by Crippen LogP contribution is 2.06. The van der Waals surface area contributed by atoms with E-state index in [0.29, 0.717) is 19.1 Å². The molecule has 1 aliphatic rings. The lowest BCUT2D eigenvalue weighted by Gasteiger charge is -2.23. The van der Waals surface area contributed by atoms with Crippen molar-refractivity contribution in [2.24, 2.45) is 0 Å². The molecule has 19 heavy (non-hydrogen) atoms. The summed E-state index contributed by atoms with van der Waals surface area (Å²) in [5.41, 5.74) is -0.648. The highest BCUT2D eigenvalue weighted by molar-refractivity contribution is 5.20. The first-order valence-electron chi connectivity index (χ1n) is 6.19. The van der Waals surface area contributed by atoms with Crippen LogP contribution in [0.15, 0.2) is 17.2 Å². The zero-order chi connectivity index (χ0) is 13.7. The van der Waals surface area contributed by atoms with E-state index in [2.05, 4.69) is 10.3 Å². The number of nitrogens with one attached hydrogen (secondary N) is 1. The molecule has 1 aromatic rings. The summed E-state index contributed by atoms with van der Waals surface area (Å²) in [7, 11) is 0. The van der Waals surface area contributed by atoms with Crippen LogP contribution < -0.4 is 11.0 Å². The number of nitro groups is 1. The Morgan fingerprint density at radius 1 is 1.53 bits per heavy atom. The number of nitrogens with zero attached hydrogens (tertiary/aromatic N) is 3. The Hall–Kier alpha value is -1.80. The number of hydrogen-bond acceptors (Lipinski definition) is 6. The first-order valence-corrected chi connectivity index (χ1v) is 6.19. The molecule has 0 amide bonds. The van der Waals surface area contributed by atoms with Crippen molar-refractivity contribution in [3.8, 4) is 0 Å². The van der Waals surface area contributed by atoms with Crippen molar-refractivity contribution < 1.29 is 9.66 Å². The molecule has 1 aliphatic heterocycles. The topological polar surface area (TPSA) is 99.3 Å². The molecule has 0 spiro atoms. The molecule has 1 aromatic heterocycles. The Balaban J connectivity index is 1.89. The van der Waals surface area contributed by atoms with Crippen LogP contribution in [0.5, 0.6) is 0 Å². The SMILES string of the molecule is O=c1ncc([N+](=O)[O-])cn1CCNC1CCOCC1. The quantitative estimate of drug-likeness (QED) is 0.592. The van der Waals surface area contributed by atoms with E-state index >= 15 is 0 Å². The van der Waals surface area contributed by atoms with Gasteiger partial charge in [-0.05, 0) is 12.8 Å². The van der Waals surface area contributed by atoms with E-state index in [1.165, 1.54) is 10.8 Å². The molecule has 0 bridgehead atoms. The highest BCUT2D eigenvalue weighted by Gasteiger charge is 2.13. The zero-order valence-electron chi connectivity index (χ0n) is 10.4. The predicted molar refractivity (Wildman–Crippen MR) is 67.0 cm³/mol. The Morgan fingerprint density at radius 2 is 2.26 bits per heavy atom. The van der Waals surface area contributed by atoms with E-state index in [9.17, 15) is 14.9 Å². The molecule has 0 unspecified atom stereocenters. The minimum atomic E-state index is -0.561. The Kier molecular flexibility index (Phi) is 4.58. The highest BCUT2D eigenvalue weighted by atomic mass is 16.6. The second-order valence-corrected chi connectivity index (χ2v) is 4.39. The zero-order valence-corrected chi connectivity index (χ0v) is 10.4. The van der Waals surface area contributed by atoms with Gasteiger partial charge in [-0.25, -0.2) is 4.79 Å². The maximum absolute atomic E-state index is 11.5. The first-order chi connectivity index (χ1) is 9.16. The molecule has 2 heterocycles. The van der Waals surface area contributed by atoms with Crippen LogP contribution in [-0.4, -0.2) is 40.3 Å². The van der Waals surface area contributed by atoms with Crippen molar-refractivity contribution in [1.29, 1.82) is 0 Å². The summed E-state index contributed by atoms with van der Waals surface area (Å²) in [6.07, 6.45) is 4.09. The van der Waals surface area contributed by atoms with Crippen LogP contribution >= 0.6 is 0 Å². The number of aromatic nitrogens is 2. The van der Waals surface area contributed by atoms with Gasteiger partial charge in [0.2, 0.25) is 0 Å². The third kappa shape index (κ3) is 3.83. The van der Waals surface area contributed by atoms with Crippen LogP contribution in [0.1, 0.15) is 12.8 Å². The molecule has 2 rings (SSSR count). The maximum atomic E-state index is 11.5. The van der Waals surface area contributed by atoms with Crippen molar-refractivity contribution >= 4 is 5.69 Å². The standard InChI is InChI=1S/C11H16N4O4/c16-11-13-7-10(15(17)18)8-14(11)4-3-12-9-1-5-19-6-2-9/h7-9,12H,1-6H2. The van der Waals surface area contributed by atoms with Gasteiger partial charge in [0, 0.05) is 32.3 Å². The maximum Gasteiger partial charge on any atom is 0.348 e. The molecule has 0 aliphatic carbocycles. The fourth-order valence-corrected chi connectivity index (χ4v) is 1.99. The van der Waals surface area contributed by atoms with Crippen molar-refractivity contribution in [2.45, 2.75) is 25.4 Å². The third-order valence-corrected chi connectivity index (χ3v) is 3.06. The van der Waals surface area contributed by atoms with Crippen molar-refractivity contribution in [3.05, 3.63) is 33.0 Å². The lowest BCUT2D eigenvalue weighted by atomic mass is 10.1. The molecule has 0 aromatic carbocycles. The minimum absolute atomic E-state index is 0.175. The number of ether oxygens (including phenoxy) is 1. The van der Waals surface area contributed by atoms with E-state index < -0.39 is 10.6 Å². The average Bonchev–Trinajstić information content (AvgIpc) is 2.42. The summed E-state index contributed by atoms with van der Waals surface area (Å²) in [4.78, 5) is 25.0. The summed E-state index contributed by atoms with van der Waals surface area (Å²) < 4.78 is 6.50. The van der Waals surface area contributed by atoms with Crippen LogP contribution in [-0.2, 0) is 11.3 Å². The largest absolute Gasteiger partial charge is 0.381 e. The van der Waals surface area contributed by atoms with E-state index in [1.807, 2.05) is 0 Å². The van der Waals surface area contributed by atoms with Crippen LogP contribution in [0.2, 0.25) is 0 Å². The predicted octanol–water partition coefficient (Wildman–Crippen LogP) is -0.0799. The minimum Gasteiger partial charge on any atom is -0.381 e. The van der Waals surface area contributed by atoms with Gasteiger partial charge < -0.3 is 10.1 Å². The molecule has 1 fully saturated rings.